The van der Waals surface area contributed by atoms with Crippen LogP contribution < -0.4 is 4.90 Å². The molecule has 1 saturated heterocycles. The second-order valence-electron chi connectivity index (χ2n) is 6.00. The number of hydrogen-bond acceptors (Lipinski definition) is 3. The Morgan fingerprint density at radius 1 is 1.19 bits per heavy atom. The summed E-state index contributed by atoms with van der Waals surface area (Å²) < 4.78 is 0. The Morgan fingerprint density at radius 3 is 3.00 bits per heavy atom. The van der Waals surface area contributed by atoms with Crippen LogP contribution in [-0.2, 0) is 6.42 Å². The topological polar surface area (TPSA) is 19.4 Å². The first-order chi connectivity index (χ1) is 10.2. The summed E-state index contributed by atoms with van der Waals surface area (Å²) in [5, 5.41) is 0.821. The van der Waals surface area contributed by atoms with Crippen molar-refractivity contribution in [2.45, 2.75) is 12.5 Å². The van der Waals surface area contributed by atoms with E-state index in [1.165, 1.54) is 22.4 Å². The monoisotopic (exact) mass is 299 g/mol. The van der Waals surface area contributed by atoms with Gasteiger partial charge in [0.05, 0.1) is 17.9 Å². The van der Waals surface area contributed by atoms with E-state index in [9.17, 15) is 0 Å². The quantitative estimate of drug-likeness (QED) is 0.745. The molecule has 1 aromatic heterocycles. The summed E-state index contributed by atoms with van der Waals surface area (Å²) in [6.45, 7) is 3.18. The van der Waals surface area contributed by atoms with Gasteiger partial charge in [-0.1, -0.05) is 17.7 Å². The third-order valence-corrected chi connectivity index (χ3v) is 4.86. The third-order valence-electron chi connectivity index (χ3n) is 4.63. The number of hydrogen-bond donors (Lipinski definition) is 0. The van der Waals surface area contributed by atoms with E-state index < -0.39 is 0 Å². The molecule has 3 nitrogen and oxygen atoms in total. The minimum absolute atomic E-state index is 0.390. The van der Waals surface area contributed by atoms with Crippen molar-refractivity contribution >= 4 is 17.3 Å². The predicted molar refractivity (Wildman–Crippen MR) is 86.1 cm³/mol. The number of benzene rings is 1. The Morgan fingerprint density at radius 2 is 2.10 bits per heavy atom. The Balaban J connectivity index is 1.91. The second-order valence-corrected chi connectivity index (χ2v) is 6.43. The van der Waals surface area contributed by atoms with Crippen molar-refractivity contribution in [3.05, 3.63) is 58.4 Å². The molecular formula is C17H18ClN3. The fourth-order valence-electron chi connectivity index (χ4n) is 3.55. The van der Waals surface area contributed by atoms with Crippen LogP contribution in [0, 0.1) is 0 Å². The molecule has 1 fully saturated rings. The molecule has 0 amide bonds. The molecule has 0 radical (unpaired) electrons. The largest absolute Gasteiger partial charge is 0.360 e. The van der Waals surface area contributed by atoms with Crippen LogP contribution in [0.4, 0.5) is 5.69 Å². The molecule has 0 aliphatic carbocycles. The van der Waals surface area contributed by atoms with Gasteiger partial charge in [0.15, 0.2) is 0 Å². The fourth-order valence-corrected chi connectivity index (χ4v) is 3.75. The highest BCUT2D eigenvalue weighted by Gasteiger charge is 2.32. The lowest BCUT2D eigenvalue weighted by Gasteiger charge is -2.41. The highest BCUT2D eigenvalue weighted by molar-refractivity contribution is 6.30. The SMILES string of the molecule is CN1CCN2c3cnccc3Cc3cc(Cl)ccc3C2C1. The molecule has 1 atom stereocenters. The molecule has 0 saturated carbocycles. The minimum atomic E-state index is 0.390. The average Bonchev–Trinajstić information content (AvgIpc) is 2.60. The number of piperazine rings is 1. The zero-order valence-corrected chi connectivity index (χ0v) is 12.8. The lowest BCUT2D eigenvalue weighted by Crippen LogP contribution is -2.47. The van der Waals surface area contributed by atoms with Gasteiger partial charge in [-0.15, -0.1) is 0 Å². The van der Waals surface area contributed by atoms with Crippen molar-refractivity contribution in [2.75, 3.05) is 31.6 Å². The van der Waals surface area contributed by atoms with Crippen LogP contribution in [0.3, 0.4) is 0 Å². The summed E-state index contributed by atoms with van der Waals surface area (Å²) in [6, 6.07) is 8.87. The molecule has 21 heavy (non-hydrogen) atoms. The van der Waals surface area contributed by atoms with Gasteiger partial charge < -0.3 is 9.80 Å². The van der Waals surface area contributed by atoms with Crippen molar-refractivity contribution in [1.29, 1.82) is 0 Å². The van der Waals surface area contributed by atoms with Crippen molar-refractivity contribution in [3.8, 4) is 0 Å². The maximum atomic E-state index is 6.22. The highest BCUT2D eigenvalue weighted by Crippen LogP contribution is 2.39. The summed E-state index contributed by atoms with van der Waals surface area (Å²) in [5.74, 6) is 0. The van der Waals surface area contributed by atoms with E-state index in [0.29, 0.717) is 6.04 Å². The summed E-state index contributed by atoms with van der Waals surface area (Å²) in [6.07, 6.45) is 4.84. The zero-order valence-electron chi connectivity index (χ0n) is 12.1. The molecule has 0 bridgehead atoms. The van der Waals surface area contributed by atoms with Gasteiger partial charge in [0.2, 0.25) is 0 Å². The van der Waals surface area contributed by atoms with Crippen molar-refractivity contribution < 1.29 is 0 Å². The van der Waals surface area contributed by atoms with E-state index in [2.05, 4.69) is 40.0 Å². The minimum Gasteiger partial charge on any atom is -0.360 e. The van der Waals surface area contributed by atoms with Gasteiger partial charge in [0.25, 0.3) is 0 Å². The number of aromatic nitrogens is 1. The molecule has 3 heterocycles. The lowest BCUT2D eigenvalue weighted by atomic mass is 9.96. The maximum Gasteiger partial charge on any atom is 0.0673 e. The first-order valence-corrected chi connectivity index (χ1v) is 7.76. The van der Waals surface area contributed by atoms with E-state index in [1.807, 2.05) is 18.5 Å². The van der Waals surface area contributed by atoms with E-state index in [4.69, 9.17) is 11.6 Å². The molecule has 2 aromatic rings. The molecule has 2 aliphatic rings. The van der Waals surface area contributed by atoms with Gasteiger partial charge in [0, 0.05) is 30.9 Å². The average molecular weight is 300 g/mol. The molecule has 1 aromatic carbocycles. The molecule has 0 spiro atoms. The highest BCUT2D eigenvalue weighted by atomic mass is 35.5. The molecule has 0 N–H and O–H groups in total. The zero-order chi connectivity index (χ0) is 14.4. The lowest BCUT2D eigenvalue weighted by molar-refractivity contribution is 0.269. The van der Waals surface area contributed by atoms with Crippen LogP contribution in [-0.4, -0.2) is 36.6 Å². The van der Waals surface area contributed by atoms with Gasteiger partial charge in [-0.05, 0) is 48.4 Å². The van der Waals surface area contributed by atoms with Gasteiger partial charge in [-0.25, -0.2) is 0 Å². The summed E-state index contributed by atoms with van der Waals surface area (Å²) in [7, 11) is 2.20. The smallest absolute Gasteiger partial charge is 0.0673 e. The number of fused-ring (bicyclic) bond motifs is 5. The van der Waals surface area contributed by atoms with Crippen molar-refractivity contribution in [3.63, 3.8) is 0 Å². The van der Waals surface area contributed by atoms with Gasteiger partial charge in [0.1, 0.15) is 0 Å². The summed E-state index contributed by atoms with van der Waals surface area (Å²) in [5.41, 5.74) is 5.38. The Labute approximate surface area is 130 Å². The second kappa shape index (κ2) is 5.00. The van der Waals surface area contributed by atoms with Crippen molar-refractivity contribution in [1.82, 2.24) is 9.88 Å². The standard InChI is InChI=1S/C17H18ClN3/c1-20-6-7-21-16-10-19-5-4-12(16)8-13-9-14(18)2-3-15(13)17(21)11-20/h2-5,9-10,17H,6-8,11H2,1H3. The Hall–Kier alpha value is -1.58. The number of pyridine rings is 1. The van der Waals surface area contributed by atoms with Crippen LogP contribution >= 0.6 is 11.6 Å². The summed E-state index contributed by atoms with van der Waals surface area (Å²) >= 11 is 6.22. The number of halogens is 1. The van der Waals surface area contributed by atoms with Crippen LogP contribution in [0.5, 0.6) is 0 Å². The first kappa shape index (κ1) is 13.1. The number of anilines is 1. The van der Waals surface area contributed by atoms with Gasteiger partial charge in [-0.3, -0.25) is 4.98 Å². The van der Waals surface area contributed by atoms with E-state index >= 15 is 0 Å². The van der Waals surface area contributed by atoms with Crippen LogP contribution in [0.1, 0.15) is 22.7 Å². The normalized spacial score (nSPS) is 21.2. The molecule has 2 aliphatic heterocycles. The Kier molecular flexibility index (Phi) is 3.12. The molecule has 4 heteroatoms. The number of likely N-dealkylation sites (N-methyl/N-ethyl adjacent to an activating group) is 1. The van der Waals surface area contributed by atoms with Gasteiger partial charge >= 0.3 is 0 Å². The van der Waals surface area contributed by atoms with E-state index in [0.717, 1.165) is 31.1 Å². The van der Waals surface area contributed by atoms with Crippen LogP contribution in [0.15, 0.2) is 36.7 Å². The van der Waals surface area contributed by atoms with Gasteiger partial charge in [-0.2, -0.15) is 0 Å². The van der Waals surface area contributed by atoms with Crippen LogP contribution in [0.25, 0.3) is 0 Å². The molecular weight excluding hydrogens is 282 g/mol. The van der Waals surface area contributed by atoms with E-state index in [-0.39, 0.29) is 0 Å². The van der Waals surface area contributed by atoms with Crippen molar-refractivity contribution in [2.24, 2.45) is 0 Å². The maximum absolute atomic E-state index is 6.22. The van der Waals surface area contributed by atoms with E-state index in [1.54, 1.807) is 0 Å². The molecule has 1 unspecified atom stereocenters. The molecule has 4 rings (SSSR count). The predicted octanol–water partition coefficient (Wildman–Crippen LogP) is 3.13. The first-order valence-electron chi connectivity index (χ1n) is 7.39. The summed E-state index contributed by atoms with van der Waals surface area (Å²) in [4.78, 5) is 9.27. The van der Waals surface area contributed by atoms with Crippen LogP contribution in [0.2, 0.25) is 5.02 Å². The Bertz CT molecular complexity index is 685. The molecule has 108 valence electrons. The third kappa shape index (κ3) is 2.21. The number of rotatable bonds is 0. The fraction of sp³-hybridized carbons (Fsp3) is 0.353. The number of nitrogens with zero attached hydrogens (tertiary/aromatic N) is 3.